The number of fused-ring (bicyclic) bond motifs is 2. The number of benzene rings is 1. The van der Waals surface area contributed by atoms with Crippen LogP contribution >= 0.6 is 11.8 Å². The number of nitrogens with one attached hydrogen (secondary N) is 1. The Hall–Kier alpha value is -2.54. The van der Waals surface area contributed by atoms with Crippen molar-refractivity contribution in [3.8, 4) is 17.3 Å². The van der Waals surface area contributed by atoms with Gasteiger partial charge in [-0.25, -0.2) is 0 Å². The van der Waals surface area contributed by atoms with Gasteiger partial charge in [-0.3, -0.25) is 9.36 Å². The van der Waals surface area contributed by atoms with Crippen LogP contribution in [0.25, 0.3) is 17.3 Å². The Morgan fingerprint density at radius 3 is 2.65 bits per heavy atom. The fourth-order valence-electron chi connectivity index (χ4n) is 5.53. The molecule has 0 spiro atoms. The van der Waals surface area contributed by atoms with Gasteiger partial charge in [0, 0.05) is 11.7 Å². The van der Waals surface area contributed by atoms with E-state index in [0.717, 1.165) is 12.1 Å². The molecule has 2 aliphatic carbocycles. The summed E-state index contributed by atoms with van der Waals surface area (Å²) in [5, 5.41) is 12.7. The monoisotopic (exact) mass is 436 g/mol. The summed E-state index contributed by atoms with van der Waals surface area (Å²) in [5.74, 6) is 2.33. The van der Waals surface area contributed by atoms with Gasteiger partial charge in [-0.15, -0.1) is 10.2 Å². The van der Waals surface area contributed by atoms with E-state index in [1.165, 1.54) is 24.6 Å². The Morgan fingerprint density at radius 2 is 2.00 bits per heavy atom. The third-order valence-corrected chi connectivity index (χ3v) is 8.78. The fourth-order valence-corrected chi connectivity index (χ4v) is 6.29. The average Bonchev–Trinajstić information content (AvgIpc) is 3.50. The number of carbonyl (C=O) groups excluding carboxylic acids is 1. The van der Waals surface area contributed by atoms with Crippen molar-refractivity contribution in [3.05, 3.63) is 48.7 Å². The number of hydrogen-bond acceptors (Lipinski definition) is 5. The molecule has 6 nitrogen and oxygen atoms in total. The lowest BCUT2D eigenvalue weighted by Gasteiger charge is -2.39. The molecule has 2 fully saturated rings. The van der Waals surface area contributed by atoms with E-state index >= 15 is 0 Å². The van der Waals surface area contributed by atoms with Crippen molar-refractivity contribution in [2.45, 2.75) is 51.2 Å². The van der Waals surface area contributed by atoms with Crippen molar-refractivity contribution in [1.82, 2.24) is 20.1 Å². The zero-order valence-electron chi connectivity index (χ0n) is 18.2. The van der Waals surface area contributed by atoms with Gasteiger partial charge in [0.1, 0.15) is 0 Å². The van der Waals surface area contributed by atoms with E-state index in [9.17, 15) is 4.79 Å². The minimum Gasteiger partial charge on any atom is -0.461 e. The molecule has 0 radical (unpaired) electrons. The molecule has 5 rings (SSSR count). The number of para-hydroxylation sites is 1. The number of hydrogen-bond donors (Lipinski definition) is 1. The third kappa shape index (κ3) is 3.30. The highest BCUT2D eigenvalue weighted by Gasteiger charge is 2.61. The predicted octanol–water partition coefficient (Wildman–Crippen LogP) is 4.95. The van der Waals surface area contributed by atoms with Crippen LogP contribution in [0, 0.1) is 16.7 Å². The van der Waals surface area contributed by atoms with E-state index in [1.54, 1.807) is 6.26 Å². The Labute approximate surface area is 186 Å². The highest BCUT2D eigenvalue weighted by molar-refractivity contribution is 7.99. The number of nitrogens with zero attached hydrogens (tertiary/aromatic N) is 3. The van der Waals surface area contributed by atoms with Gasteiger partial charge in [0.25, 0.3) is 0 Å². The van der Waals surface area contributed by atoms with Gasteiger partial charge in [-0.1, -0.05) is 50.7 Å². The first kappa shape index (κ1) is 20.4. The number of thioether (sulfide) groups is 1. The predicted molar refractivity (Wildman–Crippen MR) is 121 cm³/mol. The molecule has 2 aliphatic rings. The molecular formula is C24H28N4O2S. The van der Waals surface area contributed by atoms with Crippen LogP contribution in [0.2, 0.25) is 0 Å². The van der Waals surface area contributed by atoms with Gasteiger partial charge >= 0.3 is 0 Å². The molecular weight excluding hydrogens is 408 g/mol. The van der Waals surface area contributed by atoms with Crippen molar-refractivity contribution < 1.29 is 9.21 Å². The molecule has 162 valence electrons. The highest BCUT2D eigenvalue weighted by atomic mass is 32.2. The Bertz CT molecular complexity index is 1080. The zero-order valence-corrected chi connectivity index (χ0v) is 19.0. The summed E-state index contributed by atoms with van der Waals surface area (Å²) in [4.78, 5) is 12.9. The highest BCUT2D eigenvalue weighted by Crippen LogP contribution is 2.65. The van der Waals surface area contributed by atoms with Gasteiger partial charge in [0.05, 0.1) is 12.0 Å². The standard InChI is InChI=1S/C24H28N4O2S/c1-23(2)16-11-12-24(23,3)19(14-16)25-20(29)15-31-22-27-26-21(18-10-7-13-30-18)28(22)17-8-5-4-6-9-17/h4-10,13,16,19H,11-12,14-15H2,1-3H3,(H,25,29). The first-order valence-corrected chi connectivity index (χ1v) is 11.9. The van der Waals surface area contributed by atoms with Crippen LogP contribution in [0.3, 0.4) is 0 Å². The fraction of sp³-hybridized carbons (Fsp3) is 0.458. The van der Waals surface area contributed by atoms with Crippen LogP contribution in [0.15, 0.2) is 58.3 Å². The number of rotatable bonds is 6. The van der Waals surface area contributed by atoms with Gasteiger partial charge < -0.3 is 9.73 Å². The molecule has 7 heteroatoms. The Kier molecular flexibility index (Phi) is 4.96. The van der Waals surface area contributed by atoms with E-state index in [4.69, 9.17) is 4.42 Å². The first-order chi connectivity index (χ1) is 14.9. The molecule has 2 aromatic heterocycles. The minimum atomic E-state index is 0.0572. The van der Waals surface area contributed by atoms with E-state index in [2.05, 4.69) is 36.3 Å². The quantitative estimate of drug-likeness (QED) is 0.554. The van der Waals surface area contributed by atoms with Gasteiger partial charge in [0.15, 0.2) is 10.9 Å². The van der Waals surface area contributed by atoms with E-state index in [-0.39, 0.29) is 22.8 Å². The van der Waals surface area contributed by atoms with Crippen molar-refractivity contribution in [1.29, 1.82) is 0 Å². The average molecular weight is 437 g/mol. The number of furan rings is 1. The largest absolute Gasteiger partial charge is 0.461 e. The second-order valence-corrected chi connectivity index (χ2v) is 10.4. The van der Waals surface area contributed by atoms with E-state index < -0.39 is 0 Å². The van der Waals surface area contributed by atoms with Crippen molar-refractivity contribution in [2.75, 3.05) is 5.75 Å². The SMILES string of the molecule is CC1(C)C2CCC1(C)C(NC(=O)CSc1nnc(-c3ccco3)n1-c1ccccc1)C2. The topological polar surface area (TPSA) is 73.0 Å². The molecule has 2 bridgehead atoms. The molecule has 0 aliphatic heterocycles. The van der Waals surface area contributed by atoms with Crippen LogP contribution in [0.5, 0.6) is 0 Å². The molecule has 1 aromatic carbocycles. The molecule has 31 heavy (non-hydrogen) atoms. The molecule has 3 aromatic rings. The molecule has 3 atom stereocenters. The van der Waals surface area contributed by atoms with Gasteiger partial charge in [-0.05, 0) is 60.3 Å². The van der Waals surface area contributed by atoms with E-state index in [1.807, 2.05) is 47.0 Å². The van der Waals surface area contributed by atoms with Crippen LogP contribution in [-0.4, -0.2) is 32.5 Å². The lowest BCUT2D eigenvalue weighted by atomic mass is 9.69. The lowest BCUT2D eigenvalue weighted by molar-refractivity contribution is -0.120. The number of amides is 1. The Balaban J connectivity index is 1.33. The summed E-state index contributed by atoms with van der Waals surface area (Å²) in [5.41, 5.74) is 1.39. The maximum Gasteiger partial charge on any atom is 0.230 e. The van der Waals surface area contributed by atoms with Crippen molar-refractivity contribution >= 4 is 17.7 Å². The smallest absolute Gasteiger partial charge is 0.230 e. The molecule has 2 saturated carbocycles. The van der Waals surface area contributed by atoms with E-state index in [0.29, 0.717) is 28.4 Å². The summed E-state index contributed by atoms with van der Waals surface area (Å²) in [6.45, 7) is 7.08. The lowest BCUT2D eigenvalue weighted by Crippen LogP contribution is -2.47. The maximum atomic E-state index is 12.9. The third-order valence-electron chi connectivity index (χ3n) is 7.85. The van der Waals surface area contributed by atoms with Crippen molar-refractivity contribution in [3.63, 3.8) is 0 Å². The van der Waals surface area contributed by atoms with Crippen molar-refractivity contribution in [2.24, 2.45) is 16.7 Å². The summed E-state index contributed by atoms with van der Waals surface area (Å²) in [6.07, 6.45) is 5.18. The summed E-state index contributed by atoms with van der Waals surface area (Å²) in [7, 11) is 0. The van der Waals surface area contributed by atoms with Gasteiger partial charge in [0.2, 0.25) is 11.7 Å². The molecule has 0 saturated heterocycles. The zero-order chi connectivity index (χ0) is 21.6. The van der Waals surface area contributed by atoms with Crippen LogP contribution in [0.4, 0.5) is 0 Å². The second kappa shape index (κ2) is 7.55. The van der Waals surface area contributed by atoms with Crippen LogP contribution < -0.4 is 5.32 Å². The molecule has 1 amide bonds. The van der Waals surface area contributed by atoms with Crippen LogP contribution in [-0.2, 0) is 4.79 Å². The maximum absolute atomic E-state index is 12.9. The molecule has 1 N–H and O–H groups in total. The first-order valence-electron chi connectivity index (χ1n) is 10.9. The summed E-state index contributed by atoms with van der Waals surface area (Å²) in [6, 6.07) is 13.9. The molecule has 2 heterocycles. The van der Waals surface area contributed by atoms with Gasteiger partial charge in [-0.2, -0.15) is 0 Å². The Morgan fingerprint density at radius 1 is 1.19 bits per heavy atom. The normalized spacial score (nSPS) is 26.3. The minimum absolute atomic E-state index is 0.0572. The number of aromatic nitrogens is 3. The summed E-state index contributed by atoms with van der Waals surface area (Å²) < 4.78 is 7.50. The number of carbonyl (C=O) groups is 1. The second-order valence-electron chi connectivity index (χ2n) is 9.47. The van der Waals surface area contributed by atoms with Crippen LogP contribution in [0.1, 0.15) is 40.0 Å². The summed E-state index contributed by atoms with van der Waals surface area (Å²) >= 11 is 1.41. The molecule has 3 unspecified atom stereocenters.